The molecule has 2 nitrogen and oxygen atoms in total. The average molecular weight is 452 g/mol. The molecule has 0 aliphatic rings. The number of hydrogen-bond acceptors (Lipinski definition) is 1. The summed E-state index contributed by atoms with van der Waals surface area (Å²) in [5, 5.41) is 3.23. The molecular weight excluding hydrogens is 426 g/mol. The summed E-state index contributed by atoms with van der Waals surface area (Å²) in [4.78, 5) is 13.7. The predicted octanol–water partition coefficient (Wildman–Crippen LogP) is 7.97. The van der Waals surface area contributed by atoms with Crippen molar-refractivity contribution >= 4 is 27.5 Å². The van der Waals surface area contributed by atoms with Gasteiger partial charge in [-0.25, -0.2) is 0 Å². The summed E-state index contributed by atoms with van der Waals surface area (Å²) in [5.41, 5.74) is 6.05. The van der Waals surface area contributed by atoms with Crippen molar-refractivity contribution in [3.8, 4) is 0 Å². The van der Waals surface area contributed by atoms with Crippen LogP contribution in [0.4, 0.5) is 0 Å². The molecule has 1 heterocycles. The fourth-order valence-corrected chi connectivity index (χ4v) is 5.06. The largest absolute Gasteiger partial charge is 0.336 e. The number of ketones is 1. The number of aryl methyl sites for hydroxylation is 1. The highest BCUT2D eigenvalue weighted by Gasteiger charge is 2.21. The summed E-state index contributed by atoms with van der Waals surface area (Å²) in [6.07, 6.45) is 2.15. The van der Waals surface area contributed by atoms with Gasteiger partial charge >= 0.3 is 0 Å². The lowest BCUT2D eigenvalue weighted by Gasteiger charge is -2.22. The highest BCUT2D eigenvalue weighted by molar-refractivity contribution is 6.21. The van der Waals surface area contributed by atoms with Gasteiger partial charge in [-0.1, -0.05) is 115 Å². The number of carbonyl (C=O) groups is 1. The maximum Gasteiger partial charge on any atom is 0.193 e. The van der Waals surface area contributed by atoms with E-state index in [1.54, 1.807) is 0 Å². The number of carbonyl (C=O) groups excluding carboxylic acids is 1. The second-order valence-electron chi connectivity index (χ2n) is 9.04. The lowest BCUT2D eigenvalue weighted by molar-refractivity contribution is 0.104. The molecule has 1 aromatic heterocycles. The van der Waals surface area contributed by atoms with Gasteiger partial charge in [0.1, 0.15) is 0 Å². The van der Waals surface area contributed by atoms with Crippen LogP contribution < -0.4 is 0 Å². The highest BCUT2D eigenvalue weighted by Crippen LogP contribution is 2.36. The van der Waals surface area contributed by atoms with Crippen molar-refractivity contribution < 1.29 is 4.79 Å². The summed E-state index contributed by atoms with van der Waals surface area (Å²) in [5.74, 6) is 0.0480. The topological polar surface area (TPSA) is 22.0 Å². The summed E-state index contributed by atoms with van der Waals surface area (Å²) >= 11 is 0. The maximum atomic E-state index is 13.7. The van der Waals surface area contributed by atoms with Gasteiger partial charge in [0.05, 0.1) is 11.6 Å². The molecule has 0 amide bonds. The normalized spacial score (nSPS) is 11.4. The van der Waals surface area contributed by atoms with Gasteiger partial charge in [0, 0.05) is 22.7 Å². The van der Waals surface area contributed by atoms with E-state index in [2.05, 4.69) is 83.6 Å². The van der Waals surface area contributed by atoms with Gasteiger partial charge in [0.25, 0.3) is 0 Å². The van der Waals surface area contributed by atoms with Crippen molar-refractivity contribution in [2.24, 2.45) is 0 Å². The third kappa shape index (κ3) is 3.74. The summed E-state index contributed by atoms with van der Waals surface area (Å²) in [6, 6.07) is 41.4. The van der Waals surface area contributed by atoms with Gasteiger partial charge in [-0.05, 0) is 41.0 Å². The minimum atomic E-state index is -0.00149. The Hall–Kier alpha value is -4.43. The zero-order valence-electron chi connectivity index (χ0n) is 19.6. The van der Waals surface area contributed by atoms with E-state index in [1.165, 1.54) is 11.1 Å². The standard InChI is InChI=1S/C33H25NO/c1-23-16-18-26(19-17-23)33(35)30-22-31-29(27-14-8-9-15-28(27)30)20-21-34(31)32(24-10-4-2-5-11-24)25-12-6-3-7-13-25/h2-22,32H,1H3. The summed E-state index contributed by atoms with van der Waals surface area (Å²) in [7, 11) is 0. The Morgan fingerprint density at radius 3 is 1.83 bits per heavy atom. The number of hydrogen-bond donors (Lipinski definition) is 0. The quantitative estimate of drug-likeness (QED) is 0.244. The van der Waals surface area contributed by atoms with Crippen LogP contribution in [0, 0.1) is 6.92 Å². The van der Waals surface area contributed by atoms with Gasteiger partial charge in [-0.15, -0.1) is 0 Å². The van der Waals surface area contributed by atoms with Crippen LogP contribution in [-0.2, 0) is 0 Å². The number of rotatable bonds is 5. The first kappa shape index (κ1) is 21.1. The molecule has 0 unspecified atom stereocenters. The average Bonchev–Trinajstić information content (AvgIpc) is 3.33. The fourth-order valence-electron chi connectivity index (χ4n) is 5.06. The van der Waals surface area contributed by atoms with Crippen molar-refractivity contribution in [2.75, 3.05) is 0 Å². The molecule has 0 bridgehead atoms. The molecule has 35 heavy (non-hydrogen) atoms. The molecule has 0 aliphatic carbocycles. The van der Waals surface area contributed by atoms with Crippen LogP contribution in [0.5, 0.6) is 0 Å². The first-order valence-corrected chi connectivity index (χ1v) is 11.9. The SMILES string of the molecule is Cc1ccc(C(=O)c2cc3c(ccn3C(c3ccccc3)c3ccccc3)c3ccccc23)cc1. The minimum Gasteiger partial charge on any atom is -0.336 e. The molecule has 5 aromatic carbocycles. The van der Waals surface area contributed by atoms with E-state index < -0.39 is 0 Å². The molecule has 6 aromatic rings. The summed E-state index contributed by atoms with van der Waals surface area (Å²) < 4.78 is 2.30. The van der Waals surface area contributed by atoms with Crippen LogP contribution in [0.25, 0.3) is 21.7 Å². The van der Waals surface area contributed by atoms with Crippen LogP contribution in [-0.4, -0.2) is 10.4 Å². The summed E-state index contributed by atoms with van der Waals surface area (Å²) in [6.45, 7) is 2.04. The van der Waals surface area contributed by atoms with Crippen molar-refractivity contribution in [1.82, 2.24) is 4.57 Å². The van der Waals surface area contributed by atoms with E-state index in [9.17, 15) is 4.79 Å². The van der Waals surface area contributed by atoms with Gasteiger partial charge in [0.15, 0.2) is 5.78 Å². The van der Waals surface area contributed by atoms with E-state index >= 15 is 0 Å². The lowest BCUT2D eigenvalue weighted by atomic mass is 9.94. The minimum absolute atomic E-state index is 0.00149. The third-order valence-corrected chi connectivity index (χ3v) is 6.81. The van der Waals surface area contributed by atoms with E-state index in [0.717, 1.165) is 32.8 Å². The smallest absolute Gasteiger partial charge is 0.193 e. The third-order valence-electron chi connectivity index (χ3n) is 6.81. The Kier molecular flexibility index (Phi) is 5.27. The first-order chi connectivity index (χ1) is 17.2. The van der Waals surface area contributed by atoms with Crippen LogP contribution in [0.1, 0.15) is 38.7 Å². The molecule has 0 radical (unpaired) electrons. The van der Waals surface area contributed by atoms with Crippen LogP contribution in [0.15, 0.2) is 128 Å². The Balaban J connectivity index is 1.62. The number of fused-ring (bicyclic) bond motifs is 3. The zero-order chi connectivity index (χ0) is 23.8. The van der Waals surface area contributed by atoms with E-state index in [1.807, 2.05) is 55.5 Å². The Bertz CT molecular complexity index is 1610. The maximum absolute atomic E-state index is 13.7. The fraction of sp³-hybridized carbons (Fsp3) is 0.0606. The van der Waals surface area contributed by atoms with Gasteiger partial charge in [-0.3, -0.25) is 4.79 Å². The molecule has 2 heteroatoms. The van der Waals surface area contributed by atoms with Crippen molar-refractivity contribution in [2.45, 2.75) is 13.0 Å². The van der Waals surface area contributed by atoms with Crippen LogP contribution in [0.3, 0.4) is 0 Å². The molecule has 0 N–H and O–H groups in total. The van der Waals surface area contributed by atoms with Crippen LogP contribution >= 0.6 is 0 Å². The lowest BCUT2D eigenvalue weighted by Crippen LogP contribution is -2.12. The Morgan fingerprint density at radius 2 is 1.20 bits per heavy atom. The van der Waals surface area contributed by atoms with Crippen molar-refractivity contribution in [1.29, 1.82) is 0 Å². The monoisotopic (exact) mass is 451 g/mol. The Labute approximate surface area is 205 Å². The number of benzene rings is 5. The molecule has 168 valence electrons. The van der Waals surface area contributed by atoms with Crippen molar-refractivity contribution in [3.63, 3.8) is 0 Å². The van der Waals surface area contributed by atoms with Crippen LogP contribution in [0.2, 0.25) is 0 Å². The molecule has 0 aliphatic heterocycles. The first-order valence-electron chi connectivity index (χ1n) is 11.9. The predicted molar refractivity (Wildman–Crippen MR) is 144 cm³/mol. The molecule has 6 rings (SSSR count). The van der Waals surface area contributed by atoms with E-state index in [0.29, 0.717) is 5.56 Å². The van der Waals surface area contributed by atoms with E-state index in [4.69, 9.17) is 0 Å². The number of aromatic nitrogens is 1. The van der Waals surface area contributed by atoms with Gasteiger partial charge in [0.2, 0.25) is 0 Å². The Morgan fingerprint density at radius 1 is 0.629 bits per heavy atom. The van der Waals surface area contributed by atoms with Gasteiger partial charge in [-0.2, -0.15) is 0 Å². The molecule has 0 saturated heterocycles. The van der Waals surface area contributed by atoms with Gasteiger partial charge < -0.3 is 4.57 Å². The molecular formula is C33H25NO. The number of nitrogens with zero attached hydrogens (tertiary/aromatic N) is 1. The van der Waals surface area contributed by atoms with E-state index in [-0.39, 0.29) is 11.8 Å². The zero-order valence-corrected chi connectivity index (χ0v) is 19.6. The van der Waals surface area contributed by atoms with Crippen molar-refractivity contribution in [3.05, 3.63) is 155 Å². The molecule has 0 saturated carbocycles. The second kappa shape index (κ2) is 8.73. The molecule has 0 fully saturated rings. The highest BCUT2D eigenvalue weighted by atomic mass is 16.1. The molecule has 0 atom stereocenters. The molecule has 0 spiro atoms. The second-order valence-corrected chi connectivity index (χ2v) is 9.04.